The van der Waals surface area contributed by atoms with Gasteiger partial charge in [0.1, 0.15) is 11.5 Å². The summed E-state index contributed by atoms with van der Waals surface area (Å²) in [6.45, 7) is 0. The van der Waals surface area contributed by atoms with E-state index in [4.69, 9.17) is 9.47 Å². The first kappa shape index (κ1) is 12.9. The molecule has 5 heteroatoms. The maximum Gasteiger partial charge on any atom is 0.257 e. The summed E-state index contributed by atoms with van der Waals surface area (Å²) >= 11 is 0. The number of benzene rings is 1. The molecule has 0 aliphatic carbocycles. The van der Waals surface area contributed by atoms with Crippen molar-refractivity contribution in [3.05, 3.63) is 48.3 Å². The van der Waals surface area contributed by atoms with Crippen LogP contribution in [0.3, 0.4) is 0 Å². The van der Waals surface area contributed by atoms with Gasteiger partial charge >= 0.3 is 0 Å². The Hall–Kier alpha value is -2.56. The molecular formula is C14H14N2O3. The SMILES string of the molecule is COc1cc(NC(=O)c2cccnc2)cc(OC)c1. The van der Waals surface area contributed by atoms with Gasteiger partial charge in [0, 0.05) is 36.3 Å². The Bertz CT molecular complexity index is 548. The van der Waals surface area contributed by atoms with Crippen LogP contribution in [-0.4, -0.2) is 25.1 Å². The molecule has 0 spiro atoms. The lowest BCUT2D eigenvalue weighted by Crippen LogP contribution is -2.12. The van der Waals surface area contributed by atoms with Gasteiger partial charge in [0.05, 0.1) is 19.8 Å². The number of aromatic nitrogens is 1. The lowest BCUT2D eigenvalue weighted by molar-refractivity contribution is 0.102. The number of hydrogen-bond acceptors (Lipinski definition) is 4. The molecule has 1 N–H and O–H groups in total. The number of amides is 1. The number of ether oxygens (including phenoxy) is 2. The lowest BCUT2D eigenvalue weighted by atomic mass is 10.2. The molecule has 2 rings (SSSR count). The smallest absolute Gasteiger partial charge is 0.257 e. The largest absolute Gasteiger partial charge is 0.497 e. The van der Waals surface area contributed by atoms with Crippen molar-refractivity contribution in [2.45, 2.75) is 0 Å². The second-order valence-corrected chi connectivity index (χ2v) is 3.80. The summed E-state index contributed by atoms with van der Waals surface area (Å²) in [5, 5.41) is 2.77. The third-order valence-corrected chi connectivity index (χ3v) is 2.53. The van der Waals surface area contributed by atoms with Gasteiger partial charge in [-0.2, -0.15) is 0 Å². The summed E-state index contributed by atoms with van der Waals surface area (Å²) in [4.78, 5) is 15.9. The van der Waals surface area contributed by atoms with E-state index in [1.807, 2.05) is 0 Å². The van der Waals surface area contributed by atoms with Gasteiger partial charge in [0.2, 0.25) is 0 Å². The minimum absolute atomic E-state index is 0.233. The van der Waals surface area contributed by atoms with E-state index in [0.29, 0.717) is 22.7 Å². The Morgan fingerprint density at radius 1 is 1.16 bits per heavy atom. The van der Waals surface area contributed by atoms with Gasteiger partial charge in [-0.25, -0.2) is 0 Å². The minimum Gasteiger partial charge on any atom is -0.497 e. The number of anilines is 1. The van der Waals surface area contributed by atoms with Crippen LogP contribution in [0.4, 0.5) is 5.69 Å². The molecule has 0 atom stereocenters. The van der Waals surface area contributed by atoms with Crippen molar-refractivity contribution in [1.82, 2.24) is 4.98 Å². The van der Waals surface area contributed by atoms with E-state index in [9.17, 15) is 4.79 Å². The summed E-state index contributed by atoms with van der Waals surface area (Å²) < 4.78 is 10.3. The first-order valence-corrected chi connectivity index (χ1v) is 5.67. The van der Waals surface area contributed by atoms with Crippen molar-refractivity contribution < 1.29 is 14.3 Å². The highest BCUT2D eigenvalue weighted by atomic mass is 16.5. The molecule has 98 valence electrons. The van der Waals surface area contributed by atoms with Gasteiger partial charge in [0.25, 0.3) is 5.91 Å². The number of carbonyl (C=O) groups excluding carboxylic acids is 1. The molecule has 0 aliphatic heterocycles. The zero-order valence-electron chi connectivity index (χ0n) is 10.7. The van der Waals surface area contributed by atoms with Gasteiger partial charge in [-0.1, -0.05) is 0 Å². The molecule has 19 heavy (non-hydrogen) atoms. The maximum absolute atomic E-state index is 12.0. The number of rotatable bonds is 4. The average molecular weight is 258 g/mol. The van der Waals surface area contributed by atoms with Crippen molar-refractivity contribution >= 4 is 11.6 Å². The summed E-state index contributed by atoms with van der Waals surface area (Å²) in [5.74, 6) is 0.991. The monoisotopic (exact) mass is 258 g/mol. The molecule has 0 saturated heterocycles. The van der Waals surface area contributed by atoms with Crippen LogP contribution in [0.2, 0.25) is 0 Å². The molecule has 1 amide bonds. The lowest BCUT2D eigenvalue weighted by Gasteiger charge is -2.09. The highest BCUT2D eigenvalue weighted by Gasteiger charge is 2.08. The van der Waals surface area contributed by atoms with Crippen LogP contribution in [0.15, 0.2) is 42.7 Å². The van der Waals surface area contributed by atoms with Gasteiger partial charge in [0.15, 0.2) is 0 Å². The fraction of sp³-hybridized carbons (Fsp3) is 0.143. The van der Waals surface area contributed by atoms with Crippen molar-refractivity contribution in [1.29, 1.82) is 0 Å². The third-order valence-electron chi connectivity index (χ3n) is 2.53. The normalized spacial score (nSPS) is 9.79. The standard InChI is InChI=1S/C14H14N2O3/c1-18-12-6-11(7-13(8-12)19-2)16-14(17)10-4-3-5-15-9-10/h3-9H,1-2H3,(H,16,17). The Kier molecular flexibility index (Phi) is 3.97. The van der Waals surface area contributed by atoms with Crippen molar-refractivity contribution in [2.75, 3.05) is 19.5 Å². The first-order valence-electron chi connectivity index (χ1n) is 5.67. The number of nitrogens with zero attached hydrogens (tertiary/aromatic N) is 1. The van der Waals surface area contributed by atoms with Gasteiger partial charge < -0.3 is 14.8 Å². The molecule has 1 aromatic carbocycles. The number of pyridine rings is 1. The first-order chi connectivity index (χ1) is 9.22. The van der Waals surface area contributed by atoms with Crippen molar-refractivity contribution in [3.63, 3.8) is 0 Å². The topological polar surface area (TPSA) is 60.5 Å². The van der Waals surface area contributed by atoms with E-state index in [2.05, 4.69) is 10.3 Å². The minimum atomic E-state index is -0.233. The highest BCUT2D eigenvalue weighted by Crippen LogP contribution is 2.26. The van der Waals surface area contributed by atoms with E-state index < -0.39 is 0 Å². The molecule has 5 nitrogen and oxygen atoms in total. The van der Waals surface area contributed by atoms with E-state index in [0.717, 1.165) is 0 Å². The summed E-state index contributed by atoms with van der Waals surface area (Å²) in [6.07, 6.45) is 3.12. The average Bonchev–Trinajstić information content (AvgIpc) is 2.47. The Labute approximate surface area is 111 Å². The van der Waals surface area contributed by atoms with Gasteiger partial charge in [-0.15, -0.1) is 0 Å². The second-order valence-electron chi connectivity index (χ2n) is 3.80. The zero-order valence-corrected chi connectivity index (χ0v) is 10.7. The van der Waals surface area contributed by atoms with E-state index in [-0.39, 0.29) is 5.91 Å². The molecule has 0 unspecified atom stereocenters. The summed E-state index contributed by atoms with van der Waals surface area (Å²) in [6, 6.07) is 8.58. The molecule has 1 aromatic heterocycles. The van der Waals surface area contributed by atoms with E-state index in [1.165, 1.54) is 6.20 Å². The molecule has 0 aliphatic rings. The molecule has 0 bridgehead atoms. The predicted octanol–water partition coefficient (Wildman–Crippen LogP) is 2.35. The van der Waals surface area contributed by atoms with Gasteiger partial charge in [-0.05, 0) is 12.1 Å². The fourth-order valence-electron chi connectivity index (χ4n) is 1.58. The molecule has 0 fully saturated rings. The van der Waals surface area contributed by atoms with Crippen LogP contribution >= 0.6 is 0 Å². The molecule has 2 aromatic rings. The van der Waals surface area contributed by atoms with E-state index >= 15 is 0 Å². The summed E-state index contributed by atoms with van der Waals surface area (Å²) in [7, 11) is 3.11. The van der Waals surface area contributed by atoms with Gasteiger partial charge in [-0.3, -0.25) is 9.78 Å². The van der Waals surface area contributed by atoms with Crippen LogP contribution in [0.5, 0.6) is 11.5 Å². The van der Waals surface area contributed by atoms with Crippen molar-refractivity contribution in [3.8, 4) is 11.5 Å². The fourth-order valence-corrected chi connectivity index (χ4v) is 1.58. The number of methoxy groups -OCH3 is 2. The number of hydrogen-bond donors (Lipinski definition) is 1. The van der Waals surface area contributed by atoms with E-state index in [1.54, 1.807) is 50.7 Å². The Morgan fingerprint density at radius 3 is 2.37 bits per heavy atom. The highest BCUT2D eigenvalue weighted by molar-refractivity contribution is 6.04. The second kappa shape index (κ2) is 5.86. The van der Waals surface area contributed by atoms with Crippen LogP contribution in [-0.2, 0) is 0 Å². The molecule has 0 saturated carbocycles. The van der Waals surface area contributed by atoms with Crippen LogP contribution < -0.4 is 14.8 Å². The van der Waals surface area contributed by atoms with Crippen LogP contribution in [0.1, 0.15) is 10.4 Å². The third kappa shape index (κ3) is 3.22. The molecule has 1 heterocycles. The number of carbonyl (C=O) groups is 1. The molecule has 0 radical (unpaired) electrons. The summed E-state index contributed by atoms with van der Waals surface area (Å²) in [5.41, 5.74) is 1.09. The van der Waals surface area contributed by atoms with Crippen LogP contribution in [0.25, 0.3) is 0 Å². The number of nitrogens with one attached hydrogen (secondary N) is 1. The Morgan fingerprint density at radius 2 is 1.84 bits per heavy atom. The van der Waals surface area contributed by atoms with Crippen LogP contribution in [0, 0.1) is 0 Å². The Balaban J connectivity index is 2.21. The maximum atomic E-state index is 12.0. The predicted molar refractivity (Wildman–Crippen MR) is 71.7 cm³/mol. The zero-order chi connectivity index (χ0) is 13.7. The molecular weight excluding hydrogens is 244 g/mol. The quantitative estimate of drug-likeness (QED) is 0.914. The van der Waals surface area contributed by atoms with Crippen molar-refractivity contribution in [2.24, 2.45) is 0 Å².